The summed E-state index contributed by atoms with van der Waals surface area (Å²) in [5.41, 5.74) is 1.11. The third kappa shape index (κ3) is 3.26. The largest absolute Gasteiger partial charge is 0.381 e. The predicted molar refractivity (Wildman–Crippen MR) is 85.8 cm³/mol. The van der Waals surface area contributed by atoms with E-state index in [2.05, 4.69) is 28.3 Å². The molecular weight excluding hydrogens is 260 g/mol. The van der Waals surface area contributed by atoms with E-state index in [1.165, 1.54) is 32.1 Å². The lowest BCUT2D eigenvalue weighted by atomic mass is 9.84. The number of anilines is 1. The summed E-state index contributed by atoms with van der Waals surface area (Å²) in [4.78, 5) is 8.77. The number of aromatic nitrogens is 3. The van der Waals surface area contributed by atoms with Gasteiger partial charge >= 0.3 is 0 Å². The van der Waals surface area contributed by atoms with E-state index in [1.54, 1.807) is 6.20 Å². The number of rotatable bonds is 4. The van der Waals surface area contributed by atoms with Crippen molar-refractivity contribution >= 4 is 5.69 Å². The molecule has 112 valence electrons. The molecule has 0 aliphatic heterocycles. The summed E-state index contributed by atoms with van der Waals surface area (Å²) in [5.74, 6) is 2.67. The minimum atomic E-state index is 0.521. The van der Waals surface area contributed by atoms with Crippen LogP contribution in [0, 0.1) is 12.8 Å². The summed E-state index contributed by atoms with van der Waals surface area (Å²) in [6.07, 6.45) is 12.5. The van der Waals surface area contributed by atoms with Crippen molar-refractivity contribution < 1.29 is 0 Å². The Morgan fingerprint density at radius 3 is 2.62 bits per heavy atom. The molecule has 0 spiro atoms. The maximum Gasteiger partial charge on any atom is 0.138 e. The van der Waals surface area contributed by atoms with Crippen molar-refractivity contribution in [2.24, 2.45) is 5.92 Å². The topological polar surface area (TPSA) is 42.7 Å². The van der Waals surface area contributed by atoms with Gasteiger partial charge < -0.3 is 5.32 Å². The zero-order chi connectivity index (χ0) is 14.7. The molecule has 3 rings (SSSR count). The molecule has 1 fully saturated rings. The van der Waals surface area contributed by atoms with Crippen LogP contribution in [-0.2, 0) is 0 Å². The zero-order valence-electron chi connectivity index (χ0n) is 12.9. The third-order valence-electron chi connectivity index (χ3n) is 4.57. The molecule has 1 aliphatic rings. The molecule has 4 heteroatoms. The number of hydrogen-bond acceptors (Lipinski definition) is 3. The summed E-state index contributed by atoms with van der Waals surface area (Å²) in [6, 6.07) is 4.68. The van der Waals surface area contributed by atoms with Crippen molar-refractivity contribution in [1.82, 2.24) is 14.5 Å². The molecule has 0 saturated heterocycles. The second kappa shape index (κ2) is 6.29. The summed E-state index contributed by atoms with van der Waals surface area (Å²) in [5, 5.41) is 3.61. The monoisotopic (exact) mass is 284 g/mol. The van der Waals surface area contributed by atoms with Gasteiger partial charge in [0.1, 0.15) is 11.6 Å². The molecule has 0 radical (unpaired) electrons. The second-order valence-corrected chi connectivity index (χ2v) is 6.08. The fraction of sp³-hybridized carbons (Fsp3) is 0.529. The van der Waals surface area contributed by atoms with Crippen LogP contribution in [0.4, 0.5) is 5.69 Å². The number of nitrogens with one attached hydrogen (secondary N) is 1. The third-order valence-corrected chi connectivity index (χ3v) is 4.57. The van der Waals surface area contributed by atoms with Gasteiger partial charge in [-0.1, -0.05) is 19.3 Å². The van der Waals surface area contributed by atoms with Gasteiger partial charge in [-0.15, -0.1) is 0 Å². The molecule has 0 amide bonds. The molecular formula is C17H24N4. The van der Waals surface area contributed by atoms with Crippen molar-refractivity contribution in [3.8, 4) is 5.82 Å². The molecule has 4 nitrogen and oxygen atoms in total. The van der Waals surface area contributed by atoms with E-state index < -0.39 is 0 Å². The van der Waals surface area contributed by atoms with Crippen LogP contribution in [0.3, 0.4) is 0 Å². The molecule has 2 aromatic rings. The van der Waals surface area contributed by atoms with Gasteiger partial charge in [0.25, 0.3) is 0 Å². The maximum atomic E-state index is 4.54. The van der Waals surface area contributed by atoms with Gasteiger partial charge in [0, 0.05) is 18.4 Å². The molecule has 2 aromatic heterocycles. The minimum Gasteiger partial charge on any atom is -0.381 e. The van der Waals surface area contributed by atoms with Gasteiger partial charge in [-0.05, 0) is 44.7 Å². The first-order valence-electron chi connectivity index (χ1n) is 7.97. The van der Waals surface area contributed by atoms with Gasteiger partial charge in [-0.3, -0.25) is 4.57 Å². The van der Waals surface area contributed by atoms with Crippen molar-refractivity contribution in [1.29, 1.82) is 0 Å². The lowest BCUT2D eigenvalue weighted by molar-refractivity contribution is 0.328. The van der Waals surface area contributed by atoms with E-state index in [9.17, 15) is 0 Å². The summed E-state index contributed by atoms with van der Waals surface area (Å²) in [6.45, 7) is 4.28. The molecule has 21 heavy (non-hydrogen) atoms. The fourth-order valence-corrected chi connectivity index (χ4v) is 3.25. The van der Waals surface area contributed by atoms with Crippen molar-refractivity contribution in [3.63, 3.8) is 0 Å². The second-order valence-electron chi connectivity index (χ2n) is 6.08. The van der Waals surface area contributed by atoms with E-state index in [1.807, 2.05) is 30.0 Å². The van der Waals surface area contributed by atoms with Gasteiger partial charge in [0.05, 0.1) is 11.9 Å². The first kappa shape index (κ1) is 14.1. The van der Waals surface area contributed by atoms with Crippen LogP contribution >= 0.6 is 0 Å². The molecule has 2 heterocycles. The Kier molecular flexibility index (Phi) is 4.23. The molecule has 1 saturated carbocycles. The quantitative estimate of drug-likeness (QED) is 0.924. The normalized spacial score (nSPS) is 17.6. The van der Waals surface area contributed by atoms with Crippen LogP contribution in [0.25, 0.3) is 5.82 Å². The highest BCUT2D eigenvalue weighted by atomic mass is 15.1. The first-order chi connectivity index (χ1) is 10.2. The highest BCUT2D eigenvalue weighted by Crippen LogP contribution is 2.28. The average molecular weight is 284 g/mol. The number of aryl methyl sites for hydroxylation is 1. The standard InChI is InChI=1S/C17H24N4/c1-13(15-6-4-3-5-7-15)20-16-8-9-17(19-12-16)21-11-10-18-14(21)2/h8-13,15,20H,3-7H2,1-2H3. The van der Waals surface area contributed by atoms with Gasteiger partial charge in [0.2, 0.25) is 0 Å². The molecule has 0 bridgehead atoms. The lowest BCUT2D eigenvalue weighted by Gasteiger charge is -2.28. The van der Waals surface area contributed by atoms with Gasteiger partial charge in [-0.25, -0.2) is 9.97 Å². The Morgan fingerprint density at radius 1 is 1.19 bits per heavy atom. The van der Waals surface area contributed by atoms with Crippen LogP contribution in [-0.4, -0.2) is 20.6 Å². The van der Waals surface area contributed by atoms with Crippen LogP contribution in [0.5, 0.6) is 0 Å². The minimum absolute atomic E-state index is 0.521. The van der Waals surface area contributed by atoms with Crippen molar-refractivity contribution in [2.45, 2.75) is 52.0 Å². The van der Waals surface area contributed by atoms with E-state index in [0.29, 0.717) is 6.04 Å². The Balaban J connectivity index is 1.65. The summed E-state index contributed by atoms with van der Waals surface area (Å²) < 4.78 is 1.99. The van der Waals surface area contributed by atoms with Crippen LogP contribution in [0.1, 0.15) is 44.9 Å². The molecule has 1 N–H and O–H groups in total. The van der Waals surface area contributed by atoms with E-state index in [0.717, 1.165) is 23.2 Å². The van der Waals surface area contributed by atoms with E-state index >= 15 is 0 Å². The smallest absolute Gasteiger partial charge is 0.138 e. The van der Waals surface area contributed by atoms with Crippen LogP contribution in [0.2, 0.25) is 0 Å². The van der Waals surface area contributed by atoms with Crippen LogP contribution in [0.15, 0.2) is 30.7 Å². The van der Waals surface area contributed by atoms with Crippen LogP contribution < -0.4 is 5.32 Å². The highest BCUT2D eigenvalue weighted by Gasteiger charge is 2.19. The summed E-state index contributed by atoms with van der Waals surface area (Å²) >= 11 is 0. The van der Waals surface area contributed by atoms with E-state index in [-0.39, 0.29) is 0 Å². The molecule has 1 aliphatic carbocycles. The molecule has 1 atom stereocenters. The Labute approximate surface area is 126 Å². The number of hydrogen-bond donors (Lipinski definition) is 1. The number of imidazole rings is 1. The van der Waals surface area contributed by atoms with Gasteiger partial charge in [0.15, 0.2) is 0 Å². The highest BCUT2D eigenvalue weighted by molar-refractivity contribution is 5.44. The predicted octanol–water partition coefficient (Wildman–Crippen LogP) is 3.96. The van der Waals surface area contributed by atoms with Crippen molar-refractivity contribution in [2.75, 3.05) is 5.32 Å². The maximum absolute atomic E-state index is 4.54. The first-order valence-corrected chi connectivity index (χ1v) is 7.97. The van der Waals surface area contributed by atoms with Gasteiger partial charge in [-0.2, -0.15) is 0 Å². The average Bonchev–Trinajstić information content (AvgIpc) is 2.95. The zero-order valence-corrected chi connectivity index (χ0v) is 12.9. The Bertz CT molecular complexity index is 567. The van der Waals surface area contributed by atoms with E-state index in [4.69, 9.17) is 0 Å². The lowest BCUT2D eigenvalue weighted by Crippen LogP contribution is -2.27. The molecule has 0 aromatic carbocycles. The van der Waals surface area contributed by atoms with Crippen molar-refractivity contribution in [3.05, 3.63) is 36.5 Å². The fourth-order valence-electron chi connectivity index (χ4n) is 3.25. The number of pyridine rings is 1. The number of nitrogens with zero attached hydrogens (tertiary/aromatic N) is 3. The molecule has 1 unspecified atom stereocenters. The Morgan fingerprint density at radius 2 is 2.00 bits per heavy atom. The Hall–Kier alpha value is -1.84. The summed E-state index contributed by atoms with van der Waals surface area (Å²) in [7, 11) is 0. The SMILES string of the molecule is Cc1nccn1-c1ccc(NC(C)C2CCCCC2)cn1.